The first-order valence-corrected chi connectivity index (χ1v) is 13.5. The maximum atomic E-state index is 13.4. The van der Waals surface area contributed by atoms with Gasteiger partial charge in [0.2, 0.25) is 26.0 Å². The second-order valence-corrected chi connectivity index (χ2v) is 11.5. The highest BCUT2D eigenvalue weighted by Crippen LogP contribution is 2.25. The molecule has 0 aliphatic carbocycles. The Labute approximate surface area is 199 Å². The number of carbonyl (C=O) groups excluding carboxylic acids is 1. The third-order valence-corrected chi connectivity index (χ3v) is 9.32. The van der Waals surface area contributed by atoms with Crippen LogP contribution in [-0.4, -0.2) is 62.0 Å². The Morgan fingerprint density at radius 1 is 0.853 bits per heavy atom. The van der Waals surface area contributed by atoms with Crippen molar-refractivity contribution >= 4 is 26.0 Å². The van der Waals surface area contributed by atoms with Crippen molar-refractivity contribution in [1.29, 1.82) is 0 Å². The number of benzene rings is 2. The Bertz CT molecular complexity index is 1340. The molecule has 4 rings (SSSR count). The van der Waals surface area contributed by atoms with Crippen molar-refractivity contribution in [3.05, 3.63) is 90.8 Å². The predicted molar refractivity (Wildman–Crippen MR) is 125 cm³/mol. The summed E-state index contributed by atoms with van der Waals surface area (Å²) in [6.45, 7) is -0.403. The maximum Gasteiger partial charge on any atom is 0.243 e. The fraction of sp³-hybridized carbons (Fsp3) is 0.217. The molecule has 2 heterocycles. The third-order valence-electron chi connectivity index (χ3n) is 5.52. The lowest BCUT2D eigenvalue weighted by Gasteiger charge is -2.38. The first kappa shape index (κ1) is 24.0. The fourth-order valence-electron chi connectivity index (χ4n) is 3.74. The van der Waals surface area contributed by atoms with Crippen LogP contribution in [0.1, 0.15) is 5.56 Å². The number of hydrogen-bond acceptors (Lipinski definition) is 6. The van der Waals surface area contributed by atoms with Crippen molar-refractivity contribution in [3.63, 3.8) is 0 Å². The molecule has 1 N–H and O–H groups in total. The Morgan fingerprint density at radius 3 is 2.06 bits per heavy atom. The Hall–Kier alpha value is -3.12. The van der Waals surface area contributed by atoms with Crippen molar-refractivity contribution in [2.75, 3.05) is 19.6 Å². The molecule has 1 saturated heterocycles. The van der Waals surface area contributed by atoms with Gasteiger partial charge in [-0.1, -0.05) is 42.5 Å². The summed E-state index contributed by atoms with van der Waals surface area (Å²) in [7, 11) is -7.94. The summed E-state index contributed by atoms with van der Waals surface area (Å²) in [6, 6.07) is 17.9. The first-order valence-electron chi connectivity index (χ1n) is 10.6. The van der Waals surface area contributed by atoms with Crippen LogP contribution in [0, 0.1) is 0 Å². The average Bonchev–Trinajstić information content (AvgIpc) is 2.88. The Balaban J connectivity index is 1.63. The van der Waals surface area contributed by atoms with Crippen LogP contribution >= 0.6 is 0 Å². The van der Waals surface area contributed by atoms with Gasteiger partial charge in [-0.25, -0.2) is 16.8 Å². The summed E-state index contributed by atoms with van der Waals surface area (Å²) in [5, 5.41) is 2.73. The lowest BCUT2D eigenvalue weighted by Crippen LogP contribution is -2.61. The molecule has 0 saturated carbocycles. The molecule has 0 unspecified atom stereocenters. The Kier molecular flexibility index (Phi) is 7.08. The molecular weight excluding hydrogens is 476 g/mol. The van der Waals surface area contributed by atoms with Crippen LogP contribution in [0.25, 0.3) is 0 Å². The van der Waals surface area contributed by atoms with Gasteiger partial charge in [0.05, 0.1) is 9.79 Å². The lowest BCUT2D eigenvalue weighted by atomic mass is 10.2. The van der Waals surface area contributed by atoms with E-state index in [4.69, 9.17) is 0 Å². The summed E-state index contributed by atoms with van der Waals surface area (Å²) in [4.78, 5) is 17.3. The largest absolute Gasteiger partial charge is 0.351 e. The van der Waals surface area contributed by atoms with Gasteiger partial charge in [-0.05, 0) is 35.9 Å². The van der Waals surface area contributed by atoms with E-state index in [1.165, 1.54) is 24.3 Å². The Morgan fingerprint density at radius 2 is 1.47 bits per heavy atom. The summed E-state index contributed by atoms with van der Waals surface area (Å²) in [5.74, 6) is -0.587. The minimum absolute atomic E-state index is 0.0411. The number of pyridine rings is 1. The van der Waals surface area contributed by atoms with Gasteiger partial charge in [0.25, 0.3) is 0 Å². The number of nitrogens with zero attached hydrogens (tertiary/aromatic N) is 3. The van der Waals surface area contributed by atoms with Crippen molar-refractivity contribution in [3.8, 4) is 0 Å². The quantitative estimate of drug-likeness (QED) is 0.525. The van der Waals surface area contributed by atoms with E-state index in [1.54, 1.807) is 60.9 Å². The zero-order valence-electron chi connectivity index (χ0n) is 18.2. The van der Waals surface area contributed by atoms with Crippen molar-refractivity contribution in [1.82, 2.24) is 18.9 Å². The summed E-state index contributed by atoms with van der Waals surface area (Å²) < 4.78 is 55.3. The highest BCUT2D eigenvalue weighted by atomic mass is 32.2. The summed E-state index contributed by atoms with van der Waals surface area (Å²) in [6.07, 6.45) is 3.19. The SMILES string of the molecule is O=C(NCc1cccnc1)[C@H]1CN(S(=O)(=O)c2ccccc2)CCN1S(=O)(=O)c1ccccc1. The number of carbonyl (C=O) groups is 1. The van der Waals surface area contributed by atoms with E-state index in [9.17, 15) is 21.6 Å². The van der Waals surface area contributed by atoms with Crippen LogP contribution in [0.15, 0.2) is 95.0 Å². The molecule has 0 radical (unpaired) electrons. The molecule has 1 fully saturated rings. The zero-order valence-corrected chi connectivity index (χ0v) is 19.8. The molecule has 0 bridgehead atoms. The molecule has 178 valence electrons. The molecule has 1 amide bonds. The molecule has 0 spiro atoms. The van der Waals surface area contributed by atoms with E-state index in [0.29, 0.717) is 0 Å². The topological polar surface area (TPSA) is 117 Å². The van der Waals surface area contributed by atoms with Crippen molar-refractivity contribution in [2.24, 2.45) is 0 Å². The minimum atomic E-state index is -4.03. The number of sulfonamides is 2. The maximum absolute atomic E-state index is 13.4. The molecular formula is C23H24N4O5S2. The molecule has 11 heteroatoms. The number of aromatic nitrogens is 1. The van der Waals surface area contributed by atoms with Crippen molar-refractivity contribution in [2.45, 2.75) is 22.4 Å². The number of rotatable bonds is 7. The number of piperazine rings is 1. The van der Waals surface area contributed by atoms with Crippen LogP contribution in [0.2, 0.25) is 0 Å². The summed E-state index contributed by atoms with van der Waals surface area (Å²) in [5.41, 5.74) is 0.734. The van der Waals surface area contributed by atoms with E-state index >= 15 is 0 Å². The van der Waals surface area contributed by atoms with Gasteiger partial charge in [-0.2, -0.15) is 8.61 Å². The van der Waals surface area contributed by atoms with Gasteiger partial charge in [0, 0.05) is 38.6 Å². The standard InChI is InChI=1S/C23H24N4O5S2/c28-23(25-17-19-8-7-13-24-16-19)22-18-26(33(29,30)20-9-3-1-4-10-20)14-15-27(22)34(31,32)21-11-5-2-6-12-21/h1-13,16,22H,14-15,17-18H2,(H,25,28)/t22-/m1/s1. The fourth-order valence-corrected chi connectivity index (χ4v) is 6.79. The summed E-state index contributed by atoms with van der Waals surface area (Å²) >= 11 is 0. The normalized spacial score (nSPS) is 17.8. The monoisotopic (exact) mass is 500 g/mol. The molecule has 3 aromatic rings. The van der Waals surface area contributed by atoms with Gasteiger partial charge in [-0.15, -0.1) is 0 Å². The second-order valence-electron chi connectivity index (χ2n) is 7.70. The van der Waals surface area contributed by atoms with Crippen LogP contribution in [0.5, 0.6) is 0 Å². The predicted octanol–water partition coefficient (Wildman–Crippen LogP) is 1.46. The second kappa shape index (κ2) is 10.0. The molecule has 2 aromatic carbocycles. The highest BCUT2D eigenvalue weighted by molar-refractivity contribution is 7.89. The first-order chi connectivity index (χ1) is 16.3. The zero-order chi connectivity index (χ0) is 24.2. The van der Waals surface area contributed by atoms with Crippen molar-refractivity contribution < 1.29 is 21.6 Å². The highest BCUT2D eigenvalue weighted by Gasteiger charge is 2.43. The minimum Gasteiger partial charge on any atom is -0.351 e. The van der Waals surface area contributed by atoms with E-state index in [2.05, 4.69) is 10.3 Å². The lowest BCUT2D eigenvalue weighted by molar-refractivity contribution is -0.126. The van der Waals surface area contributed by atoms with Crippen LogP contribution in [-0.2, 0) is 31.4 Å². The molecule has 1 atom stereocenters. The number of amides is 1. The van der Waals surface area contributed by atoms with Gasteiger partial charge in [0.15, 0.2) is 0 Å². The van der Waals surface area contributed by atoms with Crippen LogP contribution in [0.3, 0.4) is 0 Å². The molecule has 1 aromatic heterocycles. The molecule has 9 nitrogen and oxygen atoms in total. The third kappa shape index (κ3) is 5.02. The smallest absolute Gasteiger partial charge is 0.243 e. The van der Waals surface area contributed by atoms with E-state index in [1.807, 2.05) is 0 Å². The van der Waals surface area contributed by atoms with Gasteiger partial charge in [-0.3, -0.25) is 9.78 Å². The molecule has 1 aliphatic heterocycles. The van der Waals surface area contributed by atoms with E-state index in [-0.39, 0.29) is 36.0 Å². The van der Waals surface area contributed by atoms with E-state index < -0.39 is 32.0 Å². The van der Waals surface area contributed by atoms with E-state index in [0.717, 1.165) is 14.2 Å². The number of nitrogens with one attached hydrogen (secondary N) is 1. The van der Waals surface area contributed by atoms with Gasteiger partial charge < -0.3 is 5.32 Å². The number of hydrogen-bond donors (Lipinski definition) is 1. The average molecular weight is 501 g/mol. The van der Waals surface area contributed by atoms with Gasteiger partial charge >= 0.3 is 0 Å². The molecule has 1 aliphatic rings. The van der Waals surface area contributed by atoms with Crippen LogP contribution in [0.4, 0.5) is 0 Å². The molecule has 34 heavy (non-hydrogen) atoms. The van der Waals surface area contributed by atoms with Gasteiger partial charge in [0.1, 0.15) is 6.04 Å². The van der Waals surface area contributed by atoms with Crippen LogP contribution < -0.4 is 5.32 Å².